The molecule has 2 rings (SSSR count). The van der Waals surface area contributed by atoms with Gasteiger partial charge in [0.15, 0.2) is 0 Å². The van der Waals surface area contributed by atoms with Crippen molar-refractivity contribution in [3.8, 4) is 16.2 Å². The predicted molar refractivity (Wildman–Crippen MR) is 72.1 cm³/mol. The molecule has 1 aromatic carbocycles. The molecule has 18 heavy (non-hydrogen) atoms. The lowest BCUT2D eigenvalue weighted by molar-refractivity contribution is 0.0597. The molecule has 0 bridgehead atoms. The minimum absolute atomic E-state index is 0.373. The minimum atomic E-state index is -0.440. The third kappa shape index (κ3) is 2.17. The molecular weight excluding hydrogens is 250 g/mol. The lowest BCUT2D eigenvalue weighted by Gasteiger charge is -2.11. The number of carbonyl (C=O) groups is 1. The van der Waals surface area contributed by atoms with E-state index in [2.05, 4.69) is 0 Å². The van der Waals surface area contributed by atoms with E-state index in [0.717, 1.165) is 10.4 Å². The lowest BCUT2D eigenvalue weighted by atomic mass is 10.1. The second kappa shape index (κ2) is 5.10. The summed E-state index contributed by atoms with van der Waals surface area (Å²) in [4.78, 5) is 12.7. The van der Waals surface area contributed by atoms with Crippen molar-refractivity contribution in [3.05, 3.63) is 35.2 Å². The van der Waals surface area contributed by atoms with Crippen LogP contribution >= 0.6 is 11.3 Å². The third-order valence-electron chi connectivity index (χ3n) is 2.56. The van der Waals surface area contributed by atoms with E-state index in [4.69, 9.17) is 15.2 Å². The molecule has 4 nitrogen and oxygen atoms in total. The Hall–Kier alpha value is -2.01. The SMILES string of the molecule is COC(=O)c1cc(-c2cccs2)c(N)cc1OC. The van der Waals surface area contributed by atoms with Gasteiger partial charge in [-0.1, -0.05) is 6.07 Å². The van der Waals surface area contributed by atoms with Gasteiger partial charge in [0.1, 0.15) is 11.3 Å². The highest BCUT2D eigenvalue weighted by molar-refractivity contribution is 7.13. The summed E-state index contributed by atoms with van der Waals surface area (Å²) in [6.07, 6.45) is 0. The van der Waals surface area contributed by atoms with Gasteiger partial charge in [-0.3, -0.25) is 0 Å². The van der Waals surface area contributed by atoms with Gasteiger partial charge in [-0.25, -0.2) is 4.79 Å². The standard InChI is InChI=1S/C13H13NO3S/c1-16-11-7-10(14)8(12-4-3-5-18-12)6-9(11)13(15)17-2/h3-7H,14H2,1-2H3. The van der Waals surface area contributed by atoms with Crippen LogP contribution in [0, 0.1) is 0 Å². The van der Waals surface area contributed by atoms with Crippen LogP contribution in [0.4, 0.5) is 5.69 Å². The molecule has 1 aromatic heterocycles. The van der Waals surface area contributed by atoms with Crippen molar-refractivity contribution in [1.29, 1.82) is 0 Å². The van der Waals surface area contributed by atoms with Crippen LogP contribution < -0.4 is 10.5 Å². The fourth-order valence-corrected chi connectivity index (χ4v) is 2.44. The molecule has 0 unspecified atom stereocenters. The number of ether oxygens (including phenoxy) is 2. The molecule has 0 atom stereocenters. The number of carbonyl (C=O) groups excluding carboxylic acids is 1. The summed E-state index contributed by atoms with van der Waals surface area (Å²) < 4.78 is 9.88. The number of anilines is 1. The number of methoxy groups -OCH3 is 2. The van der Waals surface area contributed by atoms with E-state index in [1.807, 2.05) is 17.5 Å². The van der Waals surface area contributed by atoms with Crippen LogP contribution in [-0.4, -0.2) is 20.2 Å². The Bertz CT molecular complexity index is 564. The van der Waals surface area contributed by atoms with E-state index < -0.39 is 5.97 Å². The molecule has 0 radical (unpaired) electrons. The van der Waals surface area contributed by atoms with Crippen LogP contribution in [0.1, 0.15) is 10.4 Å². The van der Waals surface area contributed by atoms with Gasteiger partial charge in [-0.2, -0.15) is 0 Å². The smallest absolute Gasteiger partial charge is 0.341 e. The van der Waals surface area contributed by atoms with Crippen LogP contribution in [0.5, 0.6) is 5.75 Å². The summed E-state index contributed by atoms with van der Waals surface area (Å²) in [7, 11) is 2.83. The fraction of sp³-hybridized carbons (Fsp3) is 0.154. The third-order valence-corrected chi connectivity index (χ3v) is 3.47. The molecule has 94 valence electrons. The van der Waals surface area contributed by atoms with E-state index in [0.29, 0.717) is 17.0 Å². The average molecular weight is 263 g/mol. The minimum Gasteiger partial charge on any atom is -0.496 e. The largest absolute Gasteiger partial charge is 0.496 e. The fourth-order valence-electron chi connectivity index (χ4n) is 1.68. The van der Waals surface area contributed by atoms with Crippen LogP contribution in [0.15, 0.2) is 29.6 Å². The number of hydrogen-bond acceptors (Lipinski definition) is 5. The molecule has 2 N–H and O–H groups in total. The van der Waals surface area contributed by atoms with Gasteiger partial charge in [0.2, 0.25) is 0 Å². The van der Waals surface area contributed by atoms with Crippen LogP contribution in [0.25, 0.3) is 10.4 Å². The van der Waals surface area contributed by atoms with Crippen molar-refractivity contribution in [2.45, 2.75) is 0 Å². The Morgan fingerprint density at radius 3 is 2.67 bits per heavy atom. The van der Waals surface area contributed by atoms with Gasteiger partial charge >= 0.3 is 5.97 Å². The summed E-state index contributed by atoms with van der Waals surface area (Å²) in [6, 6.07) is 7.22. The topological polar surface area (TPSA) is 61.5 Å². The zero-order chi connectivity index (χ0) is 13.1. The Balaban J connectivity index is 2.59. The van der Waals surface area contributed by atoms with Gasteiger partial charge in [0.05, 0.1) is 14.2 Å². The molecule has 2 aromatic rings. The average Bonchev–Trinajstić information content (AvgIpc) is 2.91. The molecule has 0 saturated carbocycles. The first-order chi connectivity index (χ1) is 8.67. The van der Waals surface area contributed by atoms with Crippen molar-refractivity contribution < 1.29 is 14.3 Å². The van der Waals surface area contributed by atoms with Crippen molar-refractivity contribution in [2.75, 3.05) is 20.0 Å². The maximum Gasteiger partial charge on any atom is 0.341 e. The highest BCUT2D eigenvalue weighted by Gasteiger charge is 2.17. The maximum absolute atomic E-state index is 11.7. The molecule has 0 aliphatic heterocycles. The molecule has 0 fully saturated rings. The number of nitrogen functional groups attached to an aromatic ring is 1. The maximum atomic E-state index is 11.7. The quantitative estimate of drug-likeness (QED) is 0.683. The zero-order valence-corrected chi connectivity index (χ0v) is 10.9. The molecular formula is C13H13NO3S. The first-order valence-corrected chi connectivity index (χ1v) is 6.15. The number of nitrogens with two attached hydrogens (primary N) is 1. The second-order valence-corrected chi connectivity index (χ2v) is 4.56. The van der Waals surface area contributed by atoms with E-state index in [1.165, 1.54) is 14.2 Å². The molecule has 5 heteroatoms. The van der Waals surface area contributed by atoms with Crippen molar-refractivity contribution in [1.82, 2.24) is 0 Å². The van der Waals surface area contributed by atoms with Crippen LogP contribution in [0.3, 0.4) is 0 Å². The van der Waals surface area contributed by atoms with E-state index in [-0.39, 0.29) is 0 Å². The number of thiophene rings is 1. The Kier molecular flexibility index (Phi) is 3.53. The summed E-state index contributed by atoms with van der Waals surface area (Å²) in [5, 5.41) is 1.96. The molecule has 1 heterocycles. The van der Waals surface area contributed by atoms with Gasteiger partial charge < -0.3 is 15.2 Å². The first-order valence-electron chi connectivity index (χ1n) is 5.27. The Labute approximate surface area is 109 Å². The summed E-state index contributed by atoms with van der Waals surface area (Å²) in [5.74, 6) is -0.0238. The first kappa shape index (κ1) is 12.4. The Morgan fingerprint density at radius 1 is 1.33 bits per heavy atom. The predicted octanol–water partition coefficient (Wildman–Crippen LogP) is 2.79. The van der Waals surface area contributed by atoms with E-state index in [9.17, 15) is 4.79 Å². The molecule has 0 spiro atoms. The molecule has 0 amide bonds. The highest BCUT2D eigenvalue weighted by atomic mass is 32.1. The second-order valence-electron chi connectivity index (χ2n) is 3.61. The van der Waals surface area contributed by atoms with Gasteiger partial charge in [-0.05, 0) is 17.5 Å². The summed E-state index contributed by atoms with van der Waals surface area (Å²) >= 11 is 1.56. The van der Waals surface area contributed by atoms with Crippen LogP contribution in [-0.2, 0) is 4.74 Å². The van der Waals surface area contributed by atoms with Crippen molar-refractivity contribution in [3.63, 3.8) is 0 Å². The zero-order valence-electron chi connectivity index (χ0n) is 10.1. The number of benzene rings is 1. The number of esters is 1. The molecule has 0 saturated heterocycles. The summed E-state index contributed by atoms with van der Waals surface area (Å²) in [6.45, 7) is 0. The van der Waals surface area contributed by atoms with Crippen molar-refractivity contribution >= 4 is 23.0 Å². The normalized spacial score (nSPS) is 10.1. The lowest BCUT2D eigenvalue weighted by Crippen LogP contribution is -2.05. The highest BCUT2D eigenvalue weighted by Crippen LogP contribution is 2.35. The molecule has 0 aliphatic carbocycles. The summed E-state index contributed by atoms with van der Waals surface area (Å²) in [5.41, 5.74) is 7.73. The van der Waals surface area contributed by atoms with Crippen LogP contribution in [0.2, 0.25) is 0 Å². The van der Waals surface area contributed by atoms with E-state index in [1.54, 1.807) is 23.5 Å². The number of rotatable bonds is 3. The van der Waals surface area contributed by atoms with Crippen molar-refractivity contribution in [2.24, 2.45) is 0 Å². The van der Waals surface area contributed by atoms with Gasteiger partial charge in [0, 0.05) is 22.2 Å². The Morgan fingerprint density at radius 2 is 2.11 bits per heavy atom. The monoisotopic (exact) mass is 263 g/mol. The number of hydrogen-bond donors (Lipinski definition) is 1. The molecule has 0 aliphatic rings. The van der Waals surface area contributed by atoms with Gasteiger partial charge in [-0.15, -0.1) is 11.3 Å². The van der Waals surface area contributed by atoms with E-state index >= 15 is 0 Å². The van der Waals surface area contributed by atoms with Gasteiger partial charge in [0.25, 0.3) is 0 Å².